The second-order valence-electron chi connectivity index (χ2n) is 11.8. The number of pyridine rings is 2. The summed E-state index contributed by atoms with van der Waals surface area (Å²) in [6, 6.07) is 52.6. The third-order valence-corrected chi connectivity index (χ3v) is 9.24. The van der Waals surface area contributed by atoms with Crippen molar-refractivity contribution in [3.63, 3.8) is 0 Å². The van der Waals surface area contributed by atoms with Gasteiger partial charge in [-0.15, -0.1) is 0 Å². The first-order valence-corrected chi connectivity index (χ1v) is 15.6. The van der Waals surface area contributed by atoms with E-state index in [0.29, 0.717) is 0 Å². The maximum atomic E-state index is 4.54. The van der Waals surface area contributed by atoms with Crippen molar-refractivity contribution in [1.29, 1.82) is 0 Å². The van der Waals surface area contributed by atoms with Crippen LogP contribution in [0.15, 0.2) is 170 Å². The fourth-order valence-corrected chi connectivity index (χ4v) is 7.18. The van der Waals surface area contributed by atoms with E-state index in [-0.39, 0.29) is 0 Å². The van der Waals surface area contributed by atoms with Crippen molar-refractivity contribution in [3.05, 3.63) is 170 Å². The fraction of sp³-hybridized carbons (Fsp3) is 0. The van der Waals surface area contributed by atoms with Crippen molar-refractivity contribution in [2.24, 2.45) is 0 Å². The minimum Gasteiger partial charge on any atom is -0.264 e. The zero-order valence-corrected chi connectivity index (χ0v) is 25.1. The summed E-state index contributed by atoms with van der Waals surface area (Å²) >= 11 is 0. The lowest BCUT2D eigenvalue weighted by Gasteiger charge is -2.21. The Morgan fingerprint density at radius 1 is 0.283 bits per heavy atom. The largest absolute Gasteiger partial charge is 0.264 e. The average molecular weight is 585 g/mol. The summed E-state index contributed by atoms with van der Waals surface area (Å²) < 4.78 is 0. The normalized spacial score (nSPS) is 11.5. The van der Waals surface area contributed by atoms with E-state index in [0.717, 1.165) is 22.1 Å². The molecule has 2 heterocycles. The van der Waals surface area contributed by atoms with E-state index < -0.39 is 0 Å². The second-order valence-corrected chi connectivity index (χ2v) is 11.8. The summed E-state index contributed by atoms with van der Waals surface area (Å²) in [5.74, 6) is 0. The molecule has 2 nitrogen and oxygen atoms in total. The summed E-state index contributed by atoms with van der Waals surface area (Å²) in [7, 11) is 0. The standard InChI is InChI=1S/C44H28N2/c1-4-14-35-29(10-1)23-24-36(33-12-9-25-45-26-33)43(35)44-39-17-7-5-15-37(39)42(38-16-6-8-18-40(38)44)31-21-19-30(20-22-31)41-28-46-27-32-11-2-3-13-34(32)41/h1-28H. The molecule has 0 spiro atoms. The molecule has 9 rings (SSSR count). The van der Waals surface area contributed by atoms with Crippen LogP contribution >= 0.6 is 0 Å². The van der Waals surface area contributed by atoms with Crippen LogP contribution in [0.25, 0.3) is 87.6 Å². The molecule has 0 N–H and O–H groups in total. The van der Waals surface area contributed by atoms with Crippen molar-refractivity contribution in [3.8, 4) is 44.5 Å². The molecule has 9 aromatic rings. The van der Waals surface area contributed by atoms with Gasteiger partial charge in [-0.3, -0.25) is 9.97 Å². The van der Waals surface area contributed by atoms with Crippen molar-refractivity contribution >= 4 is 43.1 Å². The summed E-state index contributed by atoms with van der Waals surface area (Å²) in [5.41, 5.74) is 9.54. The maximum Gasteiger partial charge on any atom is 0.0352 e. The van der Waals surface area contributed by atoms with Crippen LogP contribution in [0.2, 0.25) is 0 Å². The van der Waals surface area contributed by atoms with Gasteiger partial charge in [0, 0.05) is 41.3 Å². The lowest BCUT2D eigenvalue weighted by molar-refractivity contribution is 1.33. The average Bonchev–Trinajstić information content (AvgIpc) is 3.14. The molecule has 7 aromatic carbocycles. The number of fused-ring (bicyclic) bond motifs is 4. The molecule has 0 fully saturated rings. The Morgan fingerprint density at radius 2 is 0.870 bits per heavy atom. The van der Waals surface area contributed by atoms with Gasteiger partial charge in [-0.2, -0.15) is 0 Å². The minimum absolute atomic E-state index is 1.11. The molecule has 0 radical (unpaired) electrons. The Kier molecular flexibility index (Phi) is 6.17. The van der Waals surface area contributed by atoms with E-state index in [1.807, 2.05) is 30.9 Å². The van der Waals surface area contributed by atoms with Gasteiger partial charge in [0.25, 0.3) is 0 Å². The number of aromatic nitrogens is 2. The van der Waals surface area contributed by atoms with Gasteiger partial charge < -0.3 is 0 Å². The number of hydrogen-bond donors (Lipinski definition) is 0. The highest BCUT2D eigenvalue weighted by atomic mass is 14.6. The molecule has 0 aliphatic heterocycles. The van der Waals surface area contributed by atoms with Crippen molar-refractivity contribution in [1.82, 2.24) is 9.97 Å². The Hall–Kier alpha value is -6.12. The quantitative estimate of drug-likeness (QED) is 0.192. The van der Waals surface area contributed by atoms with Gasteiger partial charge in [-0.25, -0.2) is 0 Å². The zero-order valence-electron chi connectivity index (χ0n) is 25.1. The van der Waals surface area contributed by atoms with E-state index in [1.165, 1.54) is 65.5 Å². The Balaban J connectivity index is 1.33. The lowest BCUT2D eigenvalue weighted by atomic mass is 9.82. The van der Waals surface area contributed by atoms with E-state index in [4.69, 9.17) is 0 Å². The Morgan fingerprint density at radius 3 is 1.54 bits per heavy atom. The first-order valence-electron chi connectivity index (χ1n) is 15.6. The van der Waals surface area contributed by atoms with E-state index >= 15 is 0 Å². The van der Waals surface area contributed by atoms with Gasteiger partial charge >= 0.3 is 0 Å². The Labute approximate surface area is 267 Å². The highest BCUT2D eigenvalue weighted by molar-refractivity contribution is 6.25. The highest BCUT2D eigenvalue weighted by Gasteiger charge is 2.21. The van der Waals surface area contributed by atoms with Crippen LogP contribution in [0.4, 0.5) is 0 Å². The van der Waals surface area contributed by atoms with Crippen LogP contribution in [0.5, 0.6) is 0 Å². The lowest BCUT2D eigenvalue weighted by Crippen LogP contribution is -1.94. The first kappa shape index (κ1) is 26.3. The number of hydrogen-bond acceptors (Lipinski definition) is 2. The zero-order chi connectivity index (χ0) is 30.5. The molecule has 214 valence electrons. The second kappa shape index (κ2) is 10.8. The molecule has 0 aliphatic rings. The topological polar surface area (TPSA) is 25.8 Å². The van der Waals surface area contributed by atoms with Crippen LogP contribution in [-0.4, -0.2) is 9.97 Å². The highest BCUT2D eigenvalue weighted by Crippen LogP contribution is 2.48. The van der Waals surface area contributed by atoms with Gasteiger partial charge in [-0.1, -0.05) is 140 Å². The molecule has 0 saturated heterocycles. The monoisotopic (exact) mass is 584 g/mol. The SMILES string of the molecule is c1cncc(-c2ccc3ccccc3c2-c2c3ccccc3c(-c3ccc(-c4cncc5ccccc45)cc3)c3ccccc23)c1. The number of nitrogens with zero attached hydrogens (tertiary/aromatic N) is 2. The van der Waals surface area contributed by atoms with E-state index in [2.05, 4.69) is 149 Å². The van der Waals surface area contributed by atoms with E-state index in [1.54, 1.807) is 0 Å². The van der Waals surface area contributed by atoms with Gasteiger partial charge in [0.2, 0.25) is 0 Å². The van der Waals surface area contributed by atoms with Crippen LogP contribution in [0, 0.1) is 0 Å². The number of benzene rings is 7. The summed E-state index contributed by atoms with van der Waals surface area (Å²) in [5, 5.41) is 9.77. The minimum atomic E-state index is 1.11. The molecule has 2 aromatic heterocycles. The van der Waals surface area contributed by atoms with Crippen molar-refractivity contribution in [2.75, 3.05) is 0 Å². The molecule has 0 bridgehead atoms. The maximum absolute atomic E-state index is 4.54. The molecule has 46 heavy (non-hydrogen) atoms. The van der Waals surface area contributed by atoms with Gasteiger partial charge in [-0.05, 0) is 77.2 Å². The third kappa shape index (κ3) is 4.19. The van der Waals surface area contributed by atoms with Crippen LogP contribution < -0.4 is 0 Å². The van der Waals surface area contributed by atoms with Crippen LogP contribution in [0.3, 0.4) is 0 Å². The van der Waals surface area contributed by atoms with Crippen LogP contribution in [-0.2, 0) is 0 Å². The van der Waals surface area contributed by atoms with Gasteiger partial charge in [0.1, 0.15) is 0 Å². The van der Waals surface area contributed by atoms with Crippen LogP contribution in [0.1, 0.15) is 0 Å². The predicted molar refractivity (Wildman–Crippen MR) is 194 cm³/mol. The smallest absolute Gasteiger partial charge is 0.0352 e. The Bertz CT molecular complexity index is 2500. The van der Waals surface area contributed by atoms with Gasteiger partial charge in [0.15, 0.2) is 0 Å². The van der Waals surface area contributed by atoms with Crippen molar-refractivity contribution in [2.45, 2.75) is 0 Å². The molecular formula is C44H28N2. The predicted octanol–water partition coefficient (Wildman–Crippen LogP) is 11.8. The molecule has 0 atom stereocenters. The molecule has 2 heteroatoms. The summed E-state index contributed by atoms with van der Waals surface area (Å²) in [6.45, 7) is 0. The van der Waals surface area contributed by atoms with Gasteiger partial charge in [0.05, 0.1) is 0 Å². The molecule has 0 amide bonds. The molecular weight excluding hydrogens is 556 g/mol. The molecule has 0 unspecified atom stereocenters. The van der Waals surface area contributed by atoms with Crippen molar-refractivity contribution < 1.29 is 0 Å². The fourth-order valence-electron chi connectivity index (χ4n) is 7.18. The first-order chi connectivity index (χ1) is 22.8. The summed E-state index contributed by atoms with van der Waals surface area (Å²) in [6.07, 6.45) is 7.72. The number of rotatable bonds is 4. The third-order valence-electron chi connectivity index (χ3n) is 9.24. The van der Waals surface area contributed by atoms with E-state index in [9.17, 15) is 0 Å². The summed E-state index contributed by atoms with van der Waals surface area (Å²) in [4.78, 5) is 9.03. The molecule has 0 saturated carbocycles. The molecule has 0 aliphatic carbocycles.